The van der Waals surface area contributed by atoms with Crippen molar-refractivity contribution in [3.05, 3.63) is 65.0 Å². The van der Waals surface area contributed by atoms with Crippen LogP contribution in [0.4, 0.5) is 14.9 Å². The van der Waals surface area contributed by atoms with Gasteiger partial charge in [-0.15, -0.1) is 0 Å². The standard InChI is InChI=1S/C28H34FN3O3/c1-26(2,35)24(33)31(3)28-13-10-27(11-14-28,12-15-28)21-5-8-23(9-6-21)30-25(34)32-17-19-4-7-22(29)16-20(19)18-32/h4-9,16,35H,10-15,17-18H2,1-3H3,(H,30,34). The van der Waals surface area contributed by atoms with Crippen LogP contribution in [-0.2, 0) is 23.3 Å². The molecule has 3 fully saturated rings. The van der Waals surface area contributed by atoms with E-state index in [0.717, 1.165) is 55.3 Å². The second-order valence-electron chi connectivity index (χ2n) is 11.2. The number of aliphatic hydroxyl groups is 1. The number of nitrogens with one attached hydrogen (secondary N) is 1. The molecule has 2 aromatic rings. The molecule has 0 atom stereocenters. The number of likely N-dealkylation sites (N-methyl/N-ethyl adjacent to an activating group) is 1. The van der Waals surface area contributed by atoms with Gasteiger partial charge in [-0.3, -0.25) is 4.79 Å². The Morgan fingerprint density at radius 2 is 1.57 bits per heavy atom. The van der Waals surface area contributed by atoms with E-state index in [0.29, 0.717) is 13.1 Å². The number of nitrogens with zero attached hydrogens (tertiary/aromatic N) is 2. The van der Waals surface area contributed by atoms with Gasteiger partial charge < -0.3 is 20.2 Å². The van der Waals surface area contributed by atoms with Gasteiger partial charge in [-0.25, -0.2) is 9.18 Å². The summed E-state index contributed by atoms with van der Waals surface area (Å²) < 4.78 is 13.5. The summed E-state index contributed by atoms with van der Waals surface area (Å²) in [5, 5.41) is 13.2. The van der Waals surface area contributed by atoms with E-state index in [1.807, 2.05) is 19.2 Å². The highest BCUT2D eigenvalue weighted by atomic mass is 19.1. The molecule has 0 aromatic heterocycles. The molecule has 4 aliphatic rings. The smallest absolute Gasteiger partial charge is 0.322 e. The molecule has 3 aliphatic carbocycles. The van der Waals surface area contributed by atoms with Crippen molar-refractivity contribution < 1.29 is 19.1 Å². The molecule has 3 amide bonds. The van der Waals surface area contributed by atoms with Gasteiger partial charge in [-0.1, -0.05) is 18.2 Å². The van der Waals surface area contributed by atoms with E-state index in [1.54, 1.807) is 29.7 Å². The number of hydrogen-bond donors (Lipinski definition) is 2. The summed E-state index contributed by atoms with van der Waals surface area (Å²) in [5.74, 6) is -0.489. The van der Waals surface area contributed by atoms with Crippen molar-refractivity contribution >= 4 is 17.6 Å². The van der Waals surface area contributed by atoms with Crippen LogP contribution in [0.25, 0.3) is 0 Å². The molecule has 2 N–H and O–H groups in total. The molecule has 2 aromatic carbocycles. The van der Waals surface area contributed by atoms with Crippen molar-refractivity contribution in [2.45, 2.75) is 82.0 Å². The zero-order valence-electron chi connectivity index (χ0n) is 20.7. The van der Waals surface area contributed by atoms with Crippen molar-refractivity contribution in [1.29, 1.82) is 0 Å². The van der Waals surface area contributed by atoms with Gasteiger partial charge in [0.2, 0.25) is 0 Å². The number of halogens is 1. The third kappa shape index (κ3) is 4.20. The van der Waals surface area contributed by atoms with Crippen LogP contribution in [-0.4, -0.2) is 45.0 Å². The number of hydrogen-bond acceptors (Lipinski definition) is 3. The zero-order valence-corrected chi connectivity index (χ0v) is 20.7. The first-order valence-electron chi connectivity index (χ1n) is 12.5. The SMILES string of the molecule is CN(C(=O)C(C)(C)O)C12CCC(c3ccc(NC(=O)N4Cc5ccc(F)cc5C4)cc3)(CC1)CC2. The molecule has 0 radical (unpaired) electrons. The summed E-state index contributed by atoms with van der Waals surface area (Å²) in [7, 11) is 1.84. The summed E-state index contributed by atoms with van der Waals surface area (Å²) in [6.07, 6.45) is 5.81. The summed E-state index contributed by atoms with van der Waals surface area (Å²) >= 11 is 0. The van der Waals surface area contributed by atoms with Gasteiger partial charge in [0.1, 0.15) is 11.4 Å². The number of benzene rings is 2. The first-order valence-corrected chi connectivity index (χ1v) is 12.5. The van der Waals surface area contributed by atoms with Crippen LogP contribution >= 0.6 is 0 Å². The second-order valence-corrected chi connectivity index (χ2v) is 11.2. The van der Waals surface area contributed by atoms with E-state index >= 15 is 0 Å². The lowest BCUT2D eigenvalue weighted by Crippen LogP contribution is -2.61. The molecular formula is C28H34FN3O3. The largest absolute Gasteiger partial charge is 0.381 e. The third-order valence-electron chi connectivity index (χ3n) is 8.67. The minimum Gasteiger partial charge on any atom is -0.381 e. The van der Waals surface area contributed by atoms with Gasteiger partial charge in [0.25, 0.3) is 5.91 Å². The Balaban J connectivity index is 1.22. The van der Waals surface area contributed by atoms with Gasteiger partial charge in [0.05, 0.1) is 0 Å². The second kappa shape index (κ2) is 8.33. The highest BCUT2D eigenvalue weighted by Gasteiger charge is 2.53. The van der Waals surface area contributed by atoms with E-state index in [1.165, 1.54) is 17.7 Å². The van der Waals surface area contributed by atoms with Crippen molar-refractivity contribution in [2.75, 3.05) is 12.4 Å². The van der Waals surface area contributed by atoms with Crippen LogP contribution in [0.5, 0.6) is 0 Å². The Kier molecular flexibility index (Phi) is 5.66. The average molecular weight is 480 g/mol. The number of rotatable bonds is 4. The summed E-state index contributed by atoms with van der Waals surface area (Å²) in [6.45, 7) is 4.00. The normalized spacial score (nSPS) is 25.3. The summed E-state index contributed by atoms with van der Waals surface area (Å²) in [5.41, 5.74) is 2.45. The number of fused-ring (bicyclic) bond motifs is 4. The lowest BCUT2D eigenvalue weighted by atomic mass is 9.54. The van der Waals surface area contributed by atoms with Crippen LogP contribution in [0.15, 0.2) is 42.5 Å². The predicted octanol–water partition coefficient (Wildman–Crippen LogP) is 4.95. The molecule has 0 spiro atoms. The average Bonchev–Trinajstić information content (AvgIpc) is 3.27. The number of carbonyl (C=O) groups excluding carboxylic acids is 2. The molecular weight excluding hydrogens is 445 g/mol. The molecule has 0 saturated heterocycles. The first-order chi connectivity index (χ1) is 16.5. The Labute approximate surface area is 206 Å². The highest BCUT2D eigenvalue weighted by Crippen LogP contribution is 2.55. The maximum absolute atomic E-state index is 13.5. The van der Waals surface area contributed by atoms with Crippen molar-refractivity contribution in [3.8, 4) is 0 Å². The fraction of sp³-hybridized carbons (Fsp3) is 0.500. The van der Waals surface area contributed by atoms with E-state index < -0.39 is 5.60 Å². The molecule has 0 unspecified atom stereocenters. The Bertz CT molecular complexity index is 1130. The summed E-state index contributed by atoms with van der Waals surface area (Å²) in [6, 6.07) is 12.7. The zero-order chi connectivity index (χ0) is 25.0. The Morgan fingerprint density at radius 3 is 2.17 bits per heavy atom. The van der Waals surface area contributed by atoms with Gasteiger partial charge in [-0.05, 0) is 98.7 Å². The van der Waals surface area contributed by atoms with Crippen LogP contribution in [0.2, 0.25) is 0 Å². The van der Waals surface area contributed by atoms with Crippen molar-refractivity contribution in [2.24, 2.45) is 0 Å². The lowest BCUT2D eigenvalue weighted by Gasteiger charge is -2.57. The molecule has 1 aliphatic heterocycles. The van der Waals surface area contributed by atoms with E-state index in [9.17, 15) is 19.1 Å². The maximum Gasteiger partial charge on any atom is 0.322 e. The van der Waals surface area contributed by atoms with Gasteiger partial charge in [-0.2, -0.15) is 0 Å². The van der Waals surface area contributed by atoms with E-state index in [2.05, 4.69) is 17.4 Å². The predicted molar refractivity (Wildman–Crippen MR) is 132 cm³/mol. The topological polar surface area (TPSA) is 72.9 Å². The van der Waals surface area contributed by atoms with Crippen LogP contribution in [0.1, 0.15) is 69.1 Å². The number of carbonyl (C=O) groups is 2. The Hall–Kier alpha value is -2.93. The molecule has 6 nitrogen and oxygen atoms in total. The number of anilines is 1. The van der Waals surface area contributed by atoms with Crippen LogP contribution in [0, 0.1) is 5.82 Å². The van der Waals surface area contributed by atoms with Crippen LogP contribution in [0.3, 0.4) is 0 Å². The number of urea groups is 1. The van der Waals surface area contributed by atoms with E-state index in [-0.39, 0.29) is 28.7 Å². The fourth-order valence-corrected chi connectivity index (χ4v) is 6.34. The highest BCUT2D eigenvalue weighted by molar-refractivity contribution is 5.89. The lowest BCUT2D eigenvalue weighted by molar-refractivity contribution is -0.157. The molecule has 35 heavy (non-hydrogen) atoms. The monoisotopic (exact) mass is 479 g/mol. The van der Waals surface area contributed by atoms with Gasteiger partial charge in [0, 0.05) is 31.4 Å². The molecule has 3 saturated carbocycles. The van der Waals surface area contributed by atoms with Crippen LogP contribution < -0.4 is 5.32 Å². The molecule has 186 valence electrons. The van der Waals surface area contributed by atoms with E-state index in [4.69, 9.17) is 0 Å². The summed E-state index contributed by atoms with van der Waals surface area (Å²) in [4.78, 5) is 29.0. The number of amides is 3. The van der Waals surface area contributed by atoms with Gasteiger partial charge >= 0.3 is 6.03 Å². The van der Waals surface area contributed by atoms with Crippen molar-refractivity contribution in [1.82, 2.24) is 9.80 Å². The maximum atomic E-state index is 13.5. The molecule has 7 heteroatoms. The molecule has 1 heterocycles. The minimum atomic E-state index is -1.36. The third-order valence-corrected chi connectivity index (χ3v) is 8.67. The first kappa shape index (κ1) is 23.8. The quantitative estimate of drug-likeness (QED) is 0.652. The minimum absolute atomic E-state index is 0.101. The Morgan fingerprint density at radius 1 is 0.971 bits per heavy atom. The van der Waals surface area contributed by atoms with Gasteiger partial charge in [0.15, 0.2) is 0 Å². The molecule has 6 rings (SSSR count). The fourth-order valence-electron chi connectivity index (χ4n) is 6.34. The molecule has 2 bridgehead atoms. The van der Waals surface area contributed by atoms with Crippen molar-refractivity contribution in [3.63, 3.8) is 0 Å².